The normalized spacial score (nSPS) is 22.7. The average molecular weight is 417 g/mol. The van der Waals surface area contributed by atoms with Crippen molar-refractivity contribution in [3.8, 4) is 5.75 Å². The number of benzene rings is 1. The Bertz CT molecular complexity index is 1140. The Labute approximate surface area is 169 Å². The van der Waals surface area contributed by atoms with Crippen molar-refractivity contribution in [2.45, 2.75) is 24.7 Å². The van der Waals surface area contributed by atoms with Crippen LogP contribution in [0.15, 0.2) is 36.5 Å². The van der Waals surface area contributed by atoms with Crippen LogP contribution < -0.4 is 15.4 Å². The molecule has 1 aliphatic heterocycles. The van der Waals surface area contributed by atoms with Crippen molar-refractivity contribution < 1.29 is 22.7 Å². The predicted molar refractivity (Wildman–Crippen MR) is 102 cm³/mol. The highest BCUT2D eigenvalue weighted by atomic mass is 19.4. The van der Waals surface area contributed by atoms with E-state index in [-0.39, 0.29) is 5.69 Å². The van der Waals surface area contributed by atoms with Crippen LogP contribution in [0, 0.1) is 5.92 Å². The third-order valence-electron chi connectivity index (χ3n) is 5.83. The summed E-state index contributed by atoms with van der Waals surface area (Å²) in [5.74, 6) is 0.200. The lowest BCUT2D eigenvalue weighted by atomic mass is 9.69. The Morgan fingerprint density at radius 1 is 1.33 bits per heavy atom. The summed E-state index contributed by atoms with van der Waals surface area (Å²) < 4.78 is 45.9. The number of carbonyl (C=O) groups excluding carboxylic acids is 1. The van der Waals surface area contributed by atoms with Crippen LogP contribution in [0.2, 0.25) is 0 Å². The van der Waals surface area contributed by atoms with Crippen LogP contribution in [0.4, 0.5) is 18.9 Å². The number of piperidine rings is 1. The minimum absolute atomic E-state index is 0.333. The van der Waals surface area contributed by atoms with Crippen molar-refractivity contribution in [2.24, 2.45) is 5.92 Å². The number of hydrogen-bond acceptors (Lipinski definition) is 5. The van der Waals surface area contributed by atoms with Gasteiger partial charge in [0.2, 0.25) is 0 Å². The third-order valence-corrected chi connectivity index (χ3v) is 5.83. The van der Waals surface area contributed by atoms with E-state index < -0.39 is 17.8 Å². The van der Waals surface area contributed by atoms with Gasteiger partial charge in [-0.1, -0.05) is 6.07 Å². The van der Waals surface area contributed by atoms with Crippen LogP contribution in [0.5, 0.6) is 5.75 Å². The van der Waals surface area contributed by atoms with Gasteiger partial charge in [-0.25, -0.2) is 4.98 Å². The molecule has 2 N–H and O–H groups in total. The minimum Gasteiger partial charge on any atom is -0.494 e. The number of rotatable bonds is 4. The van der Waals surface area contributed by atoms with E-state index in [1.807, 2.05) is 10.9 Å². The number of amides is 1. The second kappa shape index (κ2) is 6.69. The van der Waals surface area contributed by atoms with Crippen molar-refractivity contribution in [2.75, 3.05) is 19.0 Å². The highest BCUT2D eigenvalue weighted by Gasteiger charge is 2.48. The molecule has 2 fully saturated rings. The summed E-state index contributed by atoms with van der Waals surface area (Å²) in [5.41, 5.74) is -0.396. The maximum Gasteiger partial charge on any atom is 0.433 e. The summed E-state index contributed by atoms with van der Waals surface area (Å²) in [6.07, 6.45) is -1.68. The fourth-order valence-corrected chi connectivity index (χ4v) is 4.04. The molecule has 1 saturated heterocycles. The van der Waals surface area contributed by atoms with E-state index in [0.29, 0.717) is 29.4 Å². The molecule has 1 aromatic carbocycles. The maximum atomic E-state index is 12.9. The average Bonchev–Trinajstić information content (AvgIpc) is 3.11. The van der Waals surface area contributed by atoms with Crippen molar-refractivity contribution in [1.29, 1.82) is 0 Å². The number of fused-ring (bicyclic) bond motifs is 2. The van der Waals surface area contributed by atoms with E-state index in [9.17, 15) is 18.0 Å². The first-order valence-corrected chi connectivity index (χ1v) is 9.49. The summed E-state index contributed by atoms with van der Waals surface area (Å²) in [5, 5.41) is 11.4. The van der Waals surface area contributed by atoms with Crippen LogP contribution in [0.1, 0.15) is 28.6 Å². The van der Waals surface area contributed by atoms with Crippen molar-refractivity contribution >= 4 is 22.5 Å². The Morgan fingerprint density at radius 2 is 2.17 bits per heavy atom. The Kier molecular flexibility index (Phi) is 4.21. The number of hydrogen-bond donors (Lipinski definition) is 2. The number of aromatic nitrogens is 3. The summed E-state index contributed by atoms with van der Waals surface area (Å²) >= 11 is 0. The van der Waals surface area contributed by atoms with Crippen molar-refractivity contribution in [3.63, 3.8) is 0 Å². The number of halogens is 3. The molecule has 0 radical (unpaired) electrons. The number of methoxy groups -OCH3 is 1. The van der Waals surface area contributed by atoms with Gasteiger partial charge in [0.1, 0.15) is 17.1 Å². The lowest BCUT2D eigenvalue weighted by Crippen LogP contribution is -2.64. The van der Waals surface area contributed by atoms with E-state index in [2.05, 4.69) is 20.7 Å². The minimum atomic E-state index is -4.63. The molecule has 3 atom stereocenters. The van der Waals surface area contributed by atoms with Gasteiger partial charge in [-0.15, -0.1) is 0 Å². The lowest BCUT2D eigenvalue weighted by Gasteiger charge is -2.53. The van der Waals surface area contributed by atoms with Crippen LogP contribution >= 0.6 is 0 Å². The first-order valence-electron chi connectivity index (χ1n) is 9.49. The summed E-state index contributed by atoms with van der Waals surface area (Å²) in [4.78, 5) is 16.0. The fourth-order valence-electron chi connectivity index (χ4n) is 4.04. The number of nitrogens with zero attached hydrogens (tertiary/aromatic N) is 3. The molecule has 156 valence electrons. The van der Waals surface area contributed by atoms with Gasteiger partial charge in [0, 0.05) is 36.2 Å². The molecular weight excluding hydrogens is 399 g/mol. The Hall–Kier alpha value is -3.14. The molecule has 2 aromatic heterocycles. The van der Waals surface area contributed by atoms with E-state index in [0.717, 1.165) is 36.0 Å². The molecule has 3 heterocycles. The standard InChI is InChI=1S/C20H18F3N5O2/c1-30-17-7-13-10(9-28(27-13)16-6-14-11(16)8-24-14)5-15(17)26-19(29)12-3-2-4-18(25-12)20(21,22)23/h2-5,7,9,11,14,16,24H,6,8H2,1H3,(H,26,29)/t11?,14?,16-/m0/s1. The van der Waals surface area contributed by atoms with Gasteiger partial charge in [-0.2, -0.15) is 18.3 Å². The van der Waals surface area contributed by atoms with E-state index in [1.54, 1.807) is 12.1 Å². The zero-order valence-corrected chi connectivity index (χ0v) is 15.9. The SMILES string of the molecule is COc1cc2nn([C@H]3CC4NCC43)cc2cc1NC(=O)c1cccc(C(F)(F)F)n1. The number of alkyl halides is 3. The third kappa shape index (κ3) is 3.07. The molecule has 1 aliphatic carbocycles. The van der Waals surface area contributed by atoms with Crippen LogP contribution in [-0.2, 0) is 6.18 Å². The maximum absolute atomic E-state index is 12.9. The van der Waals surface area contributed by atoms with E-state index in [1.165, 1.54) is 13.2 Å². The molecule has 2 unspecified atom stereocenters. The summed E-state index contributed by atoms with van der Waals surface area (Å²) in [6, 6.07) is 7.53. The molecular formula is C20H18F3N5O2. The van der Waals surface area contributed by atoms with Gasteiger partial charge in [0.15, 0.2) is 0 Å². The van der Waals surface area contributed by atoms with Gasteiger partial charge in [0.05, 0.1) is 24.4 Å². The van der Waals surface area contributed by atoms with Gasteiger partial charge in [-0.05, 0) is 24.6 Å². The molecule has 0 bridgehead atoms. The quantitative estimate of drug-likeness (QED) is 0.681. The molecule has 1 amide bonds. The molecule has 30 heavy (non-hydrogen) atoms. The molecule has 0 spiro atoms. The number of anilines is 1. The Balaban J connectivity index is 1.42. The number of ether oxygens (including phenoxy) is 1. The molecule has 2 aliphatic rings. The van der Waals surface area contributed by atoms with Gasteiger partial charge in [-0.3, -0.25) is 9.48 Å². The van der Waals surface area contributed by atoms with Gasteiger partial charge < -0.3 is 15.4 Å². The second-order valence-electron chi connectivity index (χ2n) is 7.56. The van der Waals surface area contributed by atoms with Crippen molar-refractivity contribution in [3.05, 3.63) is 47.9 Å². The molecule has 3 aromatic rings. The molecule has 5 rings (SSSR count). The highest BCUT2D eigenvalue weighted by Crippen LogP contribution is 2.44. The smallest absolute Gasteiger partial charge is 0.433 e. The lowest BCUT2D eigenvalue weighted by molar-refractivity contribution is -0.141. The van der Waals surface area contributed by atoms with Crippen LogP contribution in [0.3, 0.4) is 0 Å². The van der Waals surface area contributed by atoms with Gasteiger partial charge >= 0.3 is 6.18 Å². The van der Waals surface area contributed by atoms with Crippen LogP contribution in [0.25, 0.3) is 10.9 Å². The molecule has 1 saturated carbocycles. The van der Waals surface area contributed by atoms with Crippen molar-refractivity contribution in [1.82, 2.24) is 20.1 Å². The zero-order valence-electron chi connectivity index (χ0n) is 15.9. The fraction of sp³-hybridized carbons (Fsp3) is 0.350. The summed E-state index contributed by atoms with van der Waals surface area (Å²) in [6.45, 7) is 0.986. The van der Waals surface area contributed by atoms with E-state index >= 15 is 0 Å². The number of carbonyl (C=O) groups is 1. The molecule has 10 heteroatoms. The number of pyridine rings is 1. The first-order chi connectivity index (χ1) is 14.3. The monoisotopic (exact) mass is 417 g/mol. The number of nitrogens with one attached hydrogen (secondary N) is 2. The topological polar surface area (TPSA) is 81.1 Å². The predicted octanol–water partition coefficient (Wildman–Crippen LogP) is 3.24. The van der Waals surface area contributed by atoms with Crippen LogP contribution in [-0.4, -0.2) is 40.4 Å². The Morgan fingerprint density at radius 3 is 2.80 bits per heavy atom. The first kappa shape index (κ1) is 18.9. The summed E-state index contributed by atoms with van der Waals surface area (Å²) in [7, 11) is 1.45. The second-order valence-corrected chi connectivity index (χ2v) is 7.56. The largest absolute Gasteiger partial charge is 0.494 e. The van der Waals surface area contributed by atoms with E-state index in [4.69, 9.17) is 4.74 Å². The van der Waals surface area contributed by atoms with Gasteiger partial charge in [0.25, 0.3) is 5.91 Å². The zero-order chi connectivity index (χ0) is 21.0. The molecule has 7 nitrogen and oxygen atoms in total. The highest BCUT2D eigenvalue weighted by molar-refractivity contribution is 6.05.